The Morgan fingerprint density at radius 1 is 1.32 bits per heavy atom. The number of ether oxygens (including phenoxy) is 1. The van der Waals surface area contributed by atoms with Crippen LogP contribution in [-0.4, -0.2) is 30.4 Å². The van der Waals surface area contributed by atoms with Crippen molar-refractivity contribution in [3.8, 4) is 0 Å². The highest BCUT2D eigenvalue weighted by Gasteiger charge is 2.29. The van der Waals surface area contributed by atoms with Gasteiger partial charge >= 0.3 is 5.97 Å². The molecule has 1 unspecified atom stereocenters. The summed E-state index contributed by atoms with van der Waals surface area (Å²) in [6, 6.07) is 5.10. The summed E-state index contributed by atoms with van der Waals surface area (Å²) in [6.45, 7) is 5.50. The average Bonchev–Trinajstić information content (AvgIpc) is 2.40. The molecule has 0 aromatic heterocycles. The Morgan fingerprint density at radius 3 is 2.26 bits per heavy atom. The molecule has 0 aliphatic heterocycles. The summed E-state index contributed by atoms with van der Waals surface area (Å²) < 4.78 is 4.74. The SMILES string of the molecule is COC(=O)C(C)N(C(=O)CBr)c1c(C)cccc1C. The number of nitrogens with zero attached hydrogens (tertiary/aromatic N) is 1. The topological polar surface area (TPSA) is 46.6 Å². The van der Waals surface area contributed by atoms with Crippen molar-refractivity contribution in [3.05, 3.63) is 29.3 Å². The Balaban J connectivity index is 3.32. The third-order valence-electron chi connectivity index (χ3n) is 2.99. The minimum absolute atomic E-state index is 0.155. The predicted octanol–water partition coefficient (Wildman–Crippen LogP) is 2.59. The van der Waals surface area contributed by atoms with E-state index in [0.29, 0.717) is 0 Å². The molecule has 0 fully saturated rings. The molecule has 4 nitrogen and oxygen atoms in total. The Hall–Kier alpha value is -1.36. The Morgan fingerprint density at radius 2 is 1.84 bits per heavy atom. The van der Waals surface area contributed by atoms with Crippen molar-refractivity contribution in [3.63, 3.8) is 0 Å². The van der Waals surface area contributed by atoms with Crippen molar-refractivity contribution in [2.24, 2.45) is 0 Å². The second-order valence-electron chi connectivity index (χ2n) is 4.34. The first-order chi connectivity index (χ1) is 8.93. The smallest absolute Gasteiger partial charge is 0.328 e. The van der Waals surface area contributed by atoms with E-state index in [4.69, 9.17) is 4.74 Å². The monoisotopic (exact) mass is 327 g/mol. The molecule has 0 saturated carbocycles. The maximum atomic E-state index is 12.1. The lowest BCUT2D eigenvalue weighted by Gasteiger charge is -2.29. The van der Waals surface area contributed by atoms with Gasteiger partial charge in [0.15, 0.2) is 0 Å². The number of benzene rings is 1. The largest absolute Gasteiger partial charge is 0.467 e. The molecule has 5 heteroatoms. The molecule has 0 saturated heterocycles. The van der Waals surface area contributed by atoms with Gasteiger partial charge in [0.1, 0.15) is 6.04 Å². The molecule has 1 amide bonds. The van der Waals surface area contributed by atoms with Crippen LogP contribution in [0, 0.1) is 13.8 Å². The van der Waals surface area contributed by atoms with E-state index >= 15 is 0 Å². The van der Waals surface area contributed by atoms with Crippen molar-refractivity contribution in [2.75, 3.05) is 17.3 Å². The minimum atomic E-state index is -0.658. The van der Waals surface area contributed by atoms with Gasteiger partial charge in [-0.1, -0.05) is 34.1 Å². The molecular weight excluding hydrogens is 310 g/mol. The van der Waals surface area contributed by atoms with Gasteiger partial charge in [0, 0.05) is 0 Å². The Kier molecular flexibility index (Phi) is 5.54. The van der Waals surface area contributed by atoms with Gasteiger partial charge in [-0.3, -0.25) is 9.69 Å². The van der Waals surface area contributed by atoms with Gasteiger partial charge < -0.3 is 4.74 Å². The van der Waals surface area contributed by atoms with E-state index in [1.807, 2.05) is 32.0 Å². The number of amides is 1. The summed E-state index contributed by atoms with van der Waals surface area (Å²) in [4.78, 5) is 25.4. The molecule has 0 radical (unpaired) electrons. The Labute approximate surface area is 121 Å². The quantitative estimate of drug-likeness (QED) is 0.630. The van der Waals surface area contributed by atoms with Crippen molar-refractivity contribution in [1.82, 2.24) is 0 Å². The molecule has 1 atom stereocenters. The Bertz CT molecular complexity index is 467. The number of alkyl halides is 1. The molecule has 0 aliphatic carbocycles. The number of aryl methyl sites for hydroxylation is 2. The summed E-state index contributed by atoms with van der Waals surface area (Å²) in [7, 11) is 1.32. The van der Waals surface area contributed by atoms with Crippen LogP contribution in [0.1, 0.15) is 18.1 Å². The van der Waals surface area contributed by atoms with Crippen molar-refractivity contribution >= 4 is 33.5 Å². The maximum absolute atomic E-state index is 12.1. The molecule has 0 spiro atoms. The van der Waals surface area contributed by atoms with Crippen molar-refractivity contribution in [1.29, 1.82) is 0 Å². The molecule has 19 heavy (non-hydrogen) atoms. The van der Waals surface area contributed by atoms with Gasteiger partial charge in [0.25, 0.3) is 0 Å². The first-order valence-electron chi connectivity index (χ1n) is 5.96. The average molecular weight is 328 g/mol. The molecule has 0 aliphatic rings. The van der Waals surface area contributed by atoms with Crippen LogP contribution in [0.25, 0.3) is 0 Å². The summed E-state index contributed by atoms with van der Waals surface area (Å²) in [6.07, 6.45) is 0. The third kappa shape index (κ3) is 3.35. The number of carbonyl (C=O) groups is 2. The molecular formula is C14H18BrNO3. The fourth-order valence-corrected chi connectivity index (χ4v) is 2.33. The van der Waals surface area contributed by atoms with Crippen LogP contribution < -0.4 is 4.90 Å². The number of carbonyl (C=O) groups excluding carboxylic acids is 2. The second-order valence-corrected chi connectivity index (χ2v) is 4.90. The van der Waals surface area contributed by atoms with E-state index < -0.39 is 12.0 Å². The molecule has 1 aromatic carbocycles. The summed E-state index contributed by atoms with van der Waals surface area (Å²) in [5, 5.41) is 0.155. The first-order valence-corrected chi connectivity index (χ1v) is 7.08. The number of hydrogen-bond donors (Lipinski definition) is 0. The van der Waals surface area contributed by atoms with E-state index in [2.05, 4.69) is 15.9 Å². The summed E-state index contributed by atoms with van der Waals surface area (Å²) >= 11 is 3.16. The fourth-order valence-electron chi connectivity index (χ4n) is 2.06. The molecule has 0 bridgehead atoms. The number of hydrogen-bond acceptors (Lipinski definition) is 3. The highest BCUT2D eigenvalue weighted by atomic mass is 79.9. The number of methoxy groups -OCH3 is 1. The summed E-state index contributed by atoms with van der Waals surface area (Å²) in [5.41, 5.74) is 2.67. The number of anilines is 1. The van der Waals surface area contributed by atoms with E-state index in [1.165, 1.54) is 12.0 Å². The normalized spacial score (nSPS) is 11.8. The number of halogens is 1. The molecule has 0 heterocycles. The summed E-state index contributed by atoms with van der Waals surface area (Å²) in [5.74, 6) is -0.604. The van der Waals surface area contributed by atoms with E-state index in [9.17, 15) is 9.59 Å². The lowest BCUT2D eigenvalue weighted by atomic mass is 10.1. The van der Waals surface area contributed by atoms with Gasteiger partial charge in [-0.15, -0.1) is 0 Å². The van der Waals surface area contributed by atoms with Crippen LogP contribution in [0.3, 0.4) is 0 Å². The third-order valence-corrected chi connectivity index (χ3v) is 3.47. The van der Waals surface area contributed by atoms with E-state index in [0.717, 1.165) is 16.8 Å². The van der Waals surface area contributed by atoms with Gasteiger partial charge in [-0.05, 0) is 31.9 Å². The fraction of sp³-hybridized carbons (Fsp3) is 0.429. The van der Waals surface area contributed by atoms with Crippen molar-refractivity contribution < 1.29 is 14.3 Å². The molecule has 0 N–H and O–H groups in total. The lowest BCUT2D eigenvalue weighted by Crippen LogP contribution is -2.45. The first kappa shape index (κ1) is 15.7. The second kappa shape index (κ2) is 6.70. The van der Waals surface area contributed by atoms with E-state index in [-0.39, 0.29) is 11.2 Å². The zero-order valence-electron chi connectivity index (χ0n) is 11.6. The van der Waals surface area contributed by atoms with Gasteiger partial charge in [-0.2, -0.15) is 0 Å². The van der Waals surface area contributed by atoms with Gasteiger partial charge in [-0.25, -0.2) is 4.79 Å². The predicted molar refractivity (Wildman–Crippen MR) is 78.7 cm³/mol. The van der Waals surface area contributed by atoms with Crippen LogP contribution in [-0.2, 0) is 14.3 Å². The highest BCUT2D eigenvalue weighted by Crippen LogP contribution is 2.27. The molecule has 104 valence electrons. The van der Waals surface area contributed by atoms with Crippen LogP contribution in [0.5, 0.6) is 0 Å². The van der Waals surface area contributed by atoms with Gasteiger partial charge in [0.05, 0.1) is 18.1 Å². The number of para-hydroxylation sites is 1. The van der Waals surface area contributed by atoms with Crippen molar-refractivity contribution in [2.45, 2.75) is 26.8 Å². The van der Waals surface area contributed by atoms with E-state index in [1.54, 1.807) is 6.92 Å². The van der Waals surface area contributed by atoms with Gasteiger partial charge in [0.2, 0.25) is 5.91 Å². The van der Waals surface area contributed by atoms with Crippen LogP contribution >= 0.6 is 15.9 Å². The molecule has 1 aromatic rings. The van der Waals surface area contributed by atoms with Crippen LogP contribution in [0.2, 0.25) is 0 Å². The lowest BCUT2D eigenvalue weighted by molar-refractivity contribution is -0.142. The minimum Gasteiger partial charge on any atom is -0.467 e. The number of esters is 1. The van der Waals surface area contributed by atoms with Crippen LogP contribution in [0.15, 0.2) is 18.2 Å². The number of rotatable bonds is 4. The zero-order valence-corrected chi connectivity index (χ0v) is 13.2. The maximum Gasteiger partial charge on any atom is 0.328 e. The van der Waals surface area contributed by atoms with Crippen LogP contribution in [0.4, 0.5) is 5.69 Å². The standard InChI is InChI=1S/C14H18BrNO3/c1-9-6-5-7-10(2)13(9)16(12(17)8-15)11(3)14(18)19-4/h5-7,11H,8H2,1-4H3. The highest BCUT2D eigenvalue weighted by molar-refractivity contribution is 9.09. The molecule has 1 rings (SSSR count). The zero-order chi connectivity index (χ0) is 14.6.